The fourth-order valence-electron chi connectivity index (χ4n) is 4.95. The van der Waals surface area contributed by atoms with E-state index in [9.17, 15) is 9.59 Å². The number of likely N-dealkylation sites (tertiary alicyclic amines) is 1. The minimum atomic E-state index is -0.131. The van der Waals surface area contributed by atoms with E-state index in [1.807, 2.05) is 78.6 Å². The van der Waals surface area contributed by atoms with Gasteiger partial charge in [0.05, 0.1) is 7.11 Å². The zero-order valence-electron chi connectivity index (χ0n) is 21.1. The summed E-state index contributed by atoms with van der Waals surface area (Å²) >= 11 is 0. The Balaban J connectivity index is 1.17. The molecule has 37 heavy (non-hydrogen) atoms. The number of piperidine rings is 1. The van der Waals surface area contributed by atoms with Gasteiger partial charge in [0.25, 0.3) is 5.91 Å². The SMILES string of the molecule is COc1ccccc1CNC(=O)[C@@H](C)C1CCN(C(=O)c2ccc3nc(-c4ccccc4)oc3c2)CC1. The molecule has 5 rings (SSSR count). The summed E-state index contributed by atoms with van der Waals surface area (Å²) < 4.78 is 11.3. The maximum atomic E-state index is 13.2. The zero-order chi connectivity index (χ0) is 25.8. The Morgan fingerprint density at radius 2 is 1.78 bits per heavy atom. The molecular weight excluding hydrogens is 466 g/mol. The van der Waals surface area contributed by atoms with Crippen LogP contribution in [-0.2, 0) is 11.3 Å². The van der Waals surface area contributed by atoms with Gasteiger partial charge in [0.15, 0.2) is 5.58 Å². The van der Waals surface area contributed by atoms with Crippen LogP contribution in [0.4, 0.5) is 0 Å². The molecule has 0 radical (unpaired) electrons. The molecular formula is C30H31N3O4. The van der Waals surface area contributed by atoms with Gasteiger partial charge in [-0.1, -0.05) is 43.3 Å². The van der Waals surface area contributed by atoms with Crippen molar-refractivity contribution in [1.29, 1.82) is 0 Å². The third-order valence-corrected chi connectivity index (χ3v) is 7.25. The number of aromatic nitrogens is 1. The van der Waals surface area contributed by atoms with Crippen LogP contribution in [0.3, 0.4) is 0 Å². The zero-order valence-corrected chi connectivity index (χ0v) is 21.1. The van der Waals surface area contributed by atoms with E-state index < -0.39 is 0 Å². The maximum absolute atomic E-state index is 13.2. The number of nitrogens with one attached hydrogen (secondary N) is 1. The second-order valence-electron chi connectivity index (χ2n) is 9.52. The molecule has 0 spiro atoms. The highest BCUT2D eigenvalue weighted by Gasteiger charge is 2.30. The van der Waals surface area contributed by atoms with Crippen molar-refractivity contribution in [1.82, 2.24) is 15.2 Å². The highest BCUT2D eigenvalue weighted by molar-refractivity contribution is 5.97. The van der Waals surface area contributed by atoms with E-state index in [1.165, 1.54) is 0 Å². The molecule has 1 aromatic heterocycles. The first-order valence-corrected chi connectivity index (χ1v) is 12.7. The number of fused-ring (bicyclic) bond motifs is 1. The van der Waals surface area contributed by atoms with Crippen LogP contribution in [0.1, 0.15) is 35.7 Å². The van der Waals surface area contributed by atoms with Gasteiger partial charge in [-0.2, -0.15) is 0 Å². The number of carbonyl (C=O) groups is 2. The molecule has 2 heterocycles. The minimum Gasteiger partial charge on any atom is -0.496 e. The van der Waals surface area contributed by atoms with Crippen molar-refractivity contribution in [2.45, 2.75) is 26.3 Å². The third kappa shape index (κ3) is 5.35. The Hall–Kier alpha value is -4.13. The number of oxazole rings is 1. The van der Waals surface area contributed by atoms with Crippen LogP contribution in [0.25, 0.3) is 22.6 Å². The van der Waals surface area contributed by atoms with Gasteiger partial charge in [-0.25, -0.2) is 4.98 Å². The van der Waals surface area contributed by atoms with Crippen LogP contribution in [0.5, 0.6) is 5.75 Å². The highest BCUT2D eigenvalue weighted by atomic mass is 16.5. The van der Waals surface area contributed by atoms with Gasteiger partial charge in [-0.15, -0.1) is 0 Å². The normalized spacial score (nSPS) is 14.9. The Kier molecular flexibility index (Phi) is 7.21. The topological polar surface area (TPSA) is 84.7 Å². The average Bonchev–Trinajstić information content (AvgIpc) is 3.39. The number of ether oxygens (including phenoxy) is 1. The lowest BCUT2D eigenvalue weighted by atomic mass is 9.84. The molecule has 0 saturated carbocycles. The summed E-state index contributed by atoms with van der Waals surface area (Å²) in [6.07, 6.45) is 1.58. The molecule has 7 nitrogen and oxygen atoms in total. The van der Waals surface area contributed by atoms with Crippen LogP contribution in [0.15, 0.2) is 77.2 Å². The van der Waals surface area contributed by atoms with E-state index in [4.69, 9.17) is 9.15 Å². The molecule has 0 bridgehead atoms. The van der Waals surface area contributed by atoms with Crippen molar-refractivity contribution in [2.75, 3.05) is 20.2 Å². The quantitative estimate of drug-likeness (QED) is 0.374. The predicted octanol–water partition coefficient (Wildman–Crippen LogP) is 5.31. The van der Waals surface area contributed by atoms with Crippen molar-refractivity contribution in [3.8, 4) is 17.2 Å². The smallest absolute Gasteiger partial charge is 0.253 e. The summed E-state index contributed by atoms with van der Waals surface area (Å²) in [7, 11) is 1.63. The van der Waals surface area contributed by atoms with Crippen LogP contribution in [-0.4, -0.2) is 41.9 Å². The first-order valence-electron chi connectivity index (χ1n) is 12.7. The molecule has 0 unspecified atom stereocenters. The molecule has 1 aliphatic rings. The average molecular weight is 498 g/mol. The largest absolute Gasteiger partial charge is 0.496 e. The van der Waals surface area contributed by atoms with Crippen molar-refractivity contribution in [3.63, 3.8) is 0 Å². The predicted molar refractivity (Wildman–Crippen MR) is 142 cm³/mol. The molecule has 0 aliphatic carbocycles. The summed E-state index contributed by atoms with van der Waals surface area (Å²) in [6.45, 7) is 3.65. The molecule has 1 aliphatic heterocycles. The molecule has 1 fully saturated rings. The number of hydrogen-bond donors (Lipinski definition) is 1. The number of nitrogens with zero attached hydrogens (tertiary/aromatic N) is 2. The third-order valence-electron chi connectivity index (χ3n) is 7.25. The molecule has 2 amide bonds. The van der Waals surface area contributed by atoms with Crippen LogP contribution >= 0.6 is 0 Å². The van der Waals surface area contributed by atoms with E-state index in [0.717, 1.165) is 35.2 Å². The second kappa shape index (κ2) is 10.9. The number of amides is 2. The Labute approximate surface area is 216 Å². The molecule has 1 atom stereocenters. The van der Waals surface area contributed by atoms with Crippen molar-refractivity contribution in [3.05, 3.63) is 83.9 Å². The van der Waals surface area contributed by atoms with Crippen LogP contribution in [0.2, 0.25) is 0 Å². The Morgan fingerprint density at radius 1 is 1.05 bits per heavy atom. The van der Waals surface area contributed by atoms with Gasteiger partial charge < -0.3 is 19.4 Å². The standard InChI is InChI=1S/C30H31N3O4/c1-20(28(34)31-19-24-10-6-7-11-26(24)36-2)21-14-16-33(17-15-21)30(35)23-12-13-25-27(18-23)37-29(32-25)22-8-4-3-5-9-22/h3-13,18,20-21H,14-17,19H2,1-2H3,(H,31,34)/t20-/m0/s1. The van der Waals surface area contributed by atoms with Crippen molar-refractivity contribution >= 4 is 22.9 Å². The van der Waals surface area contributed by atoms with Crippen molar-refractivity contribution in [2.24, 2.45) is 11.8 Å². The van der Waals surface area contributed by atoms with E-state index in [-0.39, 0.29) is 23.7 Å². The molecule has 7 heteroatoms. The van der Waals surface area contributed by atoms with E-state index in [1.54, 1.807) is 13.2 Å². The molecule has 1 N–H and O–H groups in total. The summed E-state index contributed by atoms with van der Waals surface area (Å²) in [5.41, 5.74) is 3.76. The fourth-order valence-corrected chi connectivity index (χ4v) is 4.95. The molecule has 1 saturated heterocycles. The van der Waals surface area contributed by atoms with Gasteiger partial charge >= 0.3 is 0 Å². The van der Waals surface area contributed by atoms with Gasteiger partial charge in [-0.05, 0) is 55.2 Å². The van der Waals surface area contributed by atoms with Crippen LogP contribution in [0, 0.1) is 11.8 Å². The van der Waals surface area contributed by atoms with Crippen LogP contribution < -0.4 is 10.1 Å². The second-order valence-corrected chi connectivity index (χ2v) is 9.52. The van der Waals surface area contributed by atoms with Gasteiger partial charge in [0.1, 0.15) is 11.3 Å². The highest BCUT2D eigenvalue weighted by Crippen LogP contribution is 2.28. The molecule has 4 aromatic rings. The van der Waals surface area contributed by atoms with E-state index in [0.29, 0.717) is 36.7 Å². The first-order chi connectivity index (χ1) is 18.0. The lowest BCUT2D eigenvalue weighted by Gasteiger charge is -2.34. The lowest BCUT2D eigenvalue weighted by molar-refractivity contribution is -0.126. The number of carbonyl (C=O) groups excluding carboxylic acids is 2. The fraction of sp³-hybridized carbons (Fsp3) is 0.300. The van der Waals surface area contributed by atoms with Crippen molar-refractivity contribution < 1.29 is 18.7 Å². The molecule has 3 aromatic carbocycles. The number of hydrogen-bond acceptors (Lipinski definition) is 5. The maximum Gasteiger partial charge on any atom is 0.253 e. The van der Waals surface area contributed by atoms with Gasteiger partial charge in [0, 0.05) is 42.2 Å². The minimum absolute atomic E-state index is 0.0220. The van der Waals surface area contributed by atoms with Gasteiger partial charge in [-0.3, -0.25) is 9.59 Å². The Morgan fingerprint density at radius 3 is 2.54 bits per heavy atom. The summed E-state index contributed by atoms with van der Waals surface area (Å²) in [5.74, 6) is 1.41. The van der Waals surface area contributed by atoms with Gasteiger partial charge in [0.2, 0.25) is 11.8 Å². The summed E-state index contributed by atoms with van der Waals surface area (Å²) in [6, 6.07) is 22.8. The number of rotatable bonds is 7. The first kappa shape index (κ1) is 24.6. The lowest BCUT2D eigenvalue weighted by Crippen LogP contribution is -2.42. The summed E-state index contributed by atoms with van der Waals surface area (Å²) in [4.78, 5) is 32.5. The number of para-hydroxylation sites is 1. The monoisotopic (exact) mass is 497 g/mol. The molecule has 190 valence electrons. The summed E-state index contributed by atoms with van der Waals surface area (Å²) in [5, 5.41) is 3.05. The number of methoxy groups -OCH3 is 1. The van der Waals surface area contributed by atoms with E-state index >= 15 is 0 Å². The number of benzene rings is 3. The van der Waals surface area contributed by atoms with E-state index in [2.05, 4.69) is 10.3 Å². The Bertz CT molecular complexity index is 1390.